The van der Waals surface area contributed by atoms with E-state index >= 15 is 0 Å². The number of fused-ring (bicyclic) bond motifs is 1. The van der Waals surface area contributed by atoms with E-state index in [2.05, 4.69) is 5.16 Å². The molecule has 0 N–H and O–H groups in total. The number of rotatable bonds is 4. The lowest BCUT2D eigenvalue weighted by molar-refractivity contribution is 0.0430. The van der Waals surface area contributed by atoms with Crippen molar-refractivity contribution in [3.63, 3.8) is 0 Å². The van der Waals surface area contributed by atoms with Gasteiger partial charge in [0.25, 0.3) is 0 Å². The highest BCUT2D eigenvalue weighted by molar-refractivity contribution is 6.31. The molecule has 0 saturated heterocycles. The van der Waals surface area contributed by atoms with Crippen molar-refractivity contribution in [1.29, 1.82) is 0 Å². The van der Waals surface area contributed by atoms with Gasteiger partial charge >= 0.3 is 5.97 Å². The zero-order chi connectivity index (χ0) is 16.5. The van der Waals surface area contributed by atoms with Gasteiger partial charge in [0.15, 0.2) is 5.76 Å². The highest BCUT2D eigenvalue weighted by Crippen LogP contribution is 2.24. The molecule has 4 rings (SSSR count). The molecule has 120 valence electrons. The molecule has 0 fully saturated rings. The molecule has 0 aliphatic carbocycles. The number of ether oxygens (including phenoxy) is 1. The zero-order valence-corrected chi connectivity index (χ0v) is 12.9. The van der Waals surface area contributed by atoms with Crippen molar-refractivity contribution >= 4 is 28.5 Å². The predicted octanol–water partition coefficient (Wildman–Crippen LogP) is 4.69. The SMILES string of the molecule is O=C(OCc1cc(-c2ccco2)on1)c1cc2cc(Cl)ccc2o1. The Bertz CT molecular complexity index is 999. The number of halogens is 1. The molecular formula is C17H10ClNO5. The largest absolute Gasteiger partial charge is 0.461 e. The number of benzene rings is 1. The lowest BCUT2D eigenvalue weighted by atomic mass is 10.2. The van der Waals surface area contributed by atoms with E-state index in [9.17, 15) is 4.79 Å². The molecule has 0 saturated carbocycles. The molecule has 0 unspecified atom stereocenters. The molecule has 0 amide bonds. The predicted molar refractivity (Wildman–Crippen MR) is 84.5 cm³/mol. The first-order valence-electron chi connectivity index (χ1n) is 7.05. The minimum atomic E-state index is -0.593. The van der Waals surface area contributed by atoms with Crippen LogP contribution >= 0.6 is 11.6 Å². The molecule has 3 heterocycles. The summed E-state index contributed by atoms with van der Waals surface area (Å²) in [6.45, 7) is -0.0408. The van der Waals surface area contributed by atoms with Crippen molar-refractivity contribution in [1.82, 2.24) is 5.16 Å². The summed E-state index contributed by atoms with van der Waals surface area (Å²) in [5.74, 6) is 0.519. The summed E-state index contributed by atoms with van der Waals surface area (Å²) in [6.07, 6.45) is 1.53. The van der Waals surface area contributed by atoms with E-state index in [-0.39, 0.29) is 12.4 Å². The Morgan fingerprint density at radius 2 is 2.08 bits per heavy atom. The second-order valence-electron chi connectivity index (χ2n) is 5.03. The van der Waals surface area contributed by atoms with Crippen LogP contribution in [0.25, 0.3) is 22.5 Å². The molecule has 3 aromatic heterocycles. The first-order valence-corrected chi connectivity index (χ1v) is 7.42. The number of nitrogens with zero attached hydrogens (tertiary/aromatic N) is 1. The minimum absolute atomic E-state index is 0.0408. The van der Waals surface area contributed by atoms with Crippen LogP contribution in [0.2, 0.25) is 5.02 Å². The fourth-order valence-electron chi connectivity index (χ4n) is 2.24. The third-order valence-corrected chi connectivity index (χ3v) is 3.59. The van der Waals surface area contributed by atoms with Crippen LogP contribution in [0, 0.1) is 0 Å². The standard InChI is InChI=1S/C17H10ClNO5/c18-11-3-4-13-10(6-11)7-16(23-13)17(20)22-9-12-8-15(24-19-12)14-2-1-5-21-14/h1-8H,9H2. The summed E-state index contributed by atoms with van der Waals surface area (Å²) in [7, 11) is 0. The Hall–Kier alpha value is -2.99. The fraction of sp³-hybridized carbons (Fsp3) is 0.0588. The Morgan fingerprint density at radius 1 is 1.17 bits per heavy atom. The molecule has 0 aliphatic rings. The molecule has 24 heavy (non-hydrogen) atoms. The van der Waals surface area contributed by atoms with E-state index in [1.807, 2.05) is 0 Å². The van der Waals surface area contributed by atoms with Crippen LogP contribution in [0.5, 0.6) is 0 Å². The third kappa shape index (κ3) is 2.79. The van der Waals surface area contributed by atoms with E-state index < -0.39 is 5.97 Å². The van der Waals surface area contributed by atoms with E-state index in [1.165, 1.54) is 6.26 Å². The van der Waals surface area contributed by atoms with Crippen LogP contribution in [0.1, 0.15) is 16.2 Å². The van der Waals surface area contributed by atoms with Gasteiger partial charge in [-0.2, -0.15) is 0 Å². The Balaban J connectivity index is 1.46. The van der Waals surface area contributed by atoms with Crippen LogP contribution in [0.3, 0.4) is 0 Å². The van der Waals surface area contributed by atoms with Gasteiger partial charge in [0, 0.05) is 16.5 Å². The Morgan fingerprint density at radius 3 is 2.92 bits per heavy atom. The van der Waals surface area contributed by atoms with Gasteiger partial charge in [-0.1, -0.05) is 16.8 Å². The van der Waals surface area contributed by atoms with Gasteiger partial charge in [-0.15, -0.1) is 0 Å². The summed E-state index contributed by atoms with van der Waals surface area (Å²) in [6, 6.07) is 11.8. The van der Waals surface area contributed by atoms with Gasteiger partial charge < -0.3 is 18.1 Å². The molecule has 0 atom stereocenters. The number of aromatic nitrogens is 1. The smallest absolute Gasteiger partial charge is 0.374 e. The number of esters is 1. The zero-order valence-electron chi connectivity index (χ0n) is 12.2. The van der Waals surface area contributed by atoms with Crippen LogP contribution in [-0.4, -0.2) is 11.1 Å². The first-order chi connectivity index (χ1) is 11.7. The Kier molecular flexibility index (Phi) is 3.59. The summed E-state index contributed by atoms with van der Waals surface area (Å²) in [5.41, 5.74) is 1.03. The Labute approximate surface area is 140 Å². The van der Waals surface area contributed by atoms with Crippen molar-refractivity contribution in [3.05, 3.63) is 65.2 Å². The molecule has 7 heteroatoms. The van der Waals surface area contributed by atoms with Crippen molar-refractivity contribution in [2.24, 2.45) is 0 Å². The lowest BCUT2D eigenvalue weighted by Gasteiger charge is -1.98. The number of hydrogen-bond donors (Lipinski definition) is 0. The van der Waals surface area contributed by atoms with E-state index in [1.54, 1.807) is 42.5 Å². The average Bonchev–Trinajstić information content (AvgIpc) is 3.30. The quantitative estimate of drug-likeness (QED) is 0.500. The summed E-state index contributed by atoms with van der Waals surface area (Å²) >= 11 is 5.91. The van der Waals surface area contributed by atoms with Crippen LogP contribution in [0.4, 0.5) is 0 Å². The van der Waals surface area contributed by atoms with Crippen molar-refractivity contribution in [3.8, 4) is 11.5 Å². The number of hydrogen-bond acceptors (Lipinski definition) is 6. The topological polar surface area (TPSA) is 78.6 Å². The van der Waals surface area contributed by atoms with E-state index in [4.69, 9.17) is 29.7 Å². The molecule has 0 bridgehead atoms. The highest BCUT2D eigenvalue weighted by Gasteiger charge is 2.16. The van der Waals surface area contributed by atoms with Crippen molar-refractivity contribution in [2.45, 2.75) is 6.61 Å². The lowest BCUT2D eigenvalue weighted by Crippen LogP contribution is -2.03. The van der Waals surface area contributed by atoms with Gasteiger partial charge in [0.1, 0.15) is 17.9 Å². The third-order valence-electron chi connectivity index (χ3n) is 3.35. The molecule has 6 nitrogen and oxygen atoms in total. The number of carbonyl (C=O) groups is 1. The normalized spacial score (nSPS) is 11.0. The molecule has 4 aromatic rings. The van der Waals surface area contributed by atoms with Crippen LogP contribution in [-0.2, 0) is 11.3 Å². The van der Waals surface area contributed by atoms with E-state index in [0.29, 0.717) is 27.8 Å². The maximum atomic E-state index is 12.1. The van der Waals surface area contributed by atoms with Crippen LogP contribution in [0.15, 0.2) is 62.1 Å². The highest BCUT2D eigenvalue weighted by atomic mass is 35.5. The molecule has 0 spiro atoms. The second kappa shape index (κ2) is 5.90. The van der Waals surface area contributed by atoms with Gasteiger partial charge in [-0.05, 0) is 36.4 Å². The van der Waals surface area contributed by atoms with Crippen molar-refractivity contribution in [2.75, 3.05) is 0 Å². The molecule has 0 aliphatic heterocycles. The van der Waals surface area contributed by atoms with Gasteiger partial charge in [-0.25, -0.2) is 4.79 Å². The fourth-order valence-corrected chi connectivity index (χ4v) is 2.42. The minimum Gasteiger partial charge on any atom is -0.461 e. The maximum Gasteiger partial charge on any atom is 0.374 e. The number of furan rings is 2. The molecular weight excluding hydrogens is 334 g/mol. The second-order valence-corrected chi connectivity index (χ2v) is 5.47. The first kappa shape index (κ1) is 14.6. The maximum absolute atomic E-state index is 12.1. The molecule has 1 aromatic carbocycles. The van der Waals surface area contributed by atoms with Crippen molar-refractivity contribution < 1.29 is 22.9 Å². The van der Waals surface area contributed by atoms with Gasteiger partial charge in [0.2, 0.25) is 11.5 Å². The monoisotopic (exact) mass is 343 g/mol. The number of carbonyl (C=O) groups excluding carboxylic acids is 1. The van der Waals surface area contributed by atoms with Gasteiger partial charge in [-0.3, -0.25) is 0 Å². The summed E-state index contributed by atoms with van der Waals surface area (Å²) < 4.78 is 21.0. The summed E-state index contributed by atoms with van der Waals surface area (Å²) in [5, 5.41) is 5.13. The van der Waals surface area contributed by atoms with E-state index in [0.717, 1.165) is 5.39 Å². The van der Waals surface area contributed by atoms with Gasteiger partial charge in [0.05, 0.1) is 6.26 Å². The van der Waals surface area contributed by atoms with Crippen LogP contribution < -0.4 is 0 Å². The average molecular weight is 344 g/mol. The summed E-state index contributed by atoms with van der Waals surface area (Å²) in [4.78, 5) is 12.1. The molecule has 0 radical (unpaired) electrons.